The van der Waals surface area contributed by atoms with E-state index in [9.17, 15) is 9.18 Å². The Morgan fingerprint density at radius 3 is 2.56 bits per heavy atom. The number of carbonyl (C=O) groups excluding carboxylic acids is 1. The first-order valence-electron chi connectivity index (χ1n) is 5.35. The van der Waals surface area contributed by atoms with Crippen LogP contribution in [-0.4, -0.2) is 5.78 Å². The minimum Gasteiger partial charge on any atom is -0.396 e. The smallest absolute Gasteiger partial charge is 0.193 e. The topological polar surface area (TPSA) is 43.1 Å². The maximum absolute atomic E-state index is 13.3. The van der Waals surface area contributed by atoms with Crippen LogP contribution >= 0.6 is 15.9 Å². The minimum absolute atomic E-state index is 0.0408. The standard InChI is InChI=1S/C14H11BrFNO/c1-8-6-10(15)3-4-11(8)14(18)9-2-5-13(17)12(16)7-9/h2-7H,17H2,1H3. The van der Waals surface area contributed by atoms with Crippen molar-refractivity contribution in [3.63, 3.8) is 0 Å². The number of ketones is 1. The van der Waals surface area contributed by atoms with E-state index in [0.29, 0.717) is 11.1 Å². The van der Waals surface area contributed by atoms with Crippen molar-refractivity contribution in [2.24, 2.45) is 0 Å². The van der Waals surface area contributed by atoms with Gasteiger partial charge < -0.3 is 5.73 Å². The highest BCUT2D eigenvalue weighted by Crippen LogP contribution is 2.20. The monoisotopic (exact) mass is 307 g/mol. The van der Waals surface area contributed by atoms with E-state index < -0.39 is 5.82 Å². The molecule has 0 heterocycles. The lowest BCUT2D eigenvalue weighted by molar-refractivity contribution is 0.103. The highest BCUT2D eigenvalue weighted by molar-refractivity contribution is 9.10. The Bertz CT molecular complexity index is 625. The summed E-state index contributed by atoms with van der Waals surface area (Å²) >= 11 is 3.33. The molecule has 0 amide bonds. The first kappa shape index (κ1) is 12.8. The summed E-state index contributed by atoms with van der Waals surface area (Å²) in [4.78, 5) is 12.2. The van der Waals surface area contributed by atoms with Crippen LogP contribution in [-0.2, 0) is 0 Å². The molecule has 4 heteroatoms. The van der Waals surface area contributed by atoms with Crippen LogP contribution < -0.4 is 5.73 Å². The summed E-state index contributed by atoms with van der Waals surface area (Å²) in [6, 6.07) is 9.45. The van der Waals surface area contributed by atoms with Crippen molar-refractivity contribution in [1.82, 2.24) is 0 Å². The molecule has 0 saturated carbocycles. The molecule has 0 fully saturated rings. The molecule has 0 saturated heterocycles. The Kier molecular flexibility index (Phi) is 3.48. The van der Waals surface area contributed by atoms with Crippen molar-refractivity contribution in [1.29, 1.82) is 0 Å². The van der Waals surface area contributed by atoms with Crippen LogP contribution in [0.4, 0.5) is 10.1 Å². The van der Waals surface area contributed by atoms with Crippen molar-refractivity contribution >= 4 is 27.4 Å². The van der Waals surface area contributed by atoms with Gasteiger partial charge in [0, 0.05) is 15.6 Å². The molecular formula is C14H11BrFNO. The van der Waals surface area contributed by atoms with Crippen molar-refractivity contribution in [2.75, 3.05) is 5.73 Å². The second kappa shape index (κ2) is 4.90. The van der Waals surface area contributed by atoms with E-state index in [2.05, 4.69) is 15.9 Å². The normalized spacial score (nSPS) is 10.4. The quantitative estimate of drug-likeness (QED) is 0.679. The molecule has 2 aromatic carbocycles. The molecule has 0 aliphatic rings. The van der Waals surface area contributed by atoms with E-state index in [0.717, 1.165) is 10.0 Å². The van der Waals surface area contributed by atoms with Crippen LogP contribution in [0.5, 0.6) is 0 Å². The van der Waals surface area contributed by atoms with Crippen molar-refractivity contribution in [3.8, 4) is 0 Å². The van der Waals surface area contributed by atoms with Gasteiger partial charge in [-0.1, -0.05) is 15.9 Å². The predicted molar refractivity (Wildman–Crippen MR) is 73.1 cm³/mol. The highest BCUT2D eigenvalue weighted by Gasteiger charge is 2.13. The van der Waals surface area contributed by atoms with Crippen LogP contribution in [0.2, 0.25) is 0 Å². The Morgan fingerprint density at radius 1 is 1.22 bits per heavy atom. The van der Waals surface area contributed by atoms with Crippen LogP contribution in [0.1, 0.15) is 21.5 Å². The van der Waals surface area contributed by atoms with Crippen LogP contribution in [0.25, 0.3) is 0 Å². The van der Waals surface area contributed by atoms with Gasteiger partial charge in [0.1, 0.15) is 5.82 Å². The molecule has 2 aromatic rings. The first-order valence-corrected chi connectivity index (χ1v) is 6.14. The summed E-state index contributed by atoms with van der Waals surface area (Å²) in [6.07, 6.45) is 0. The molecule has 0 spiro atoms. The molecular weight excluding hydrogens is 297 g/mol. The maximum Gasteiger partial charge on any atom is 0.193 e. The van der Waals surface area contributed by atoms with Gasteiger partial charge in [-0.2, -0.15) is 0 Å². The van der Waals surface area contributed by atoms with Gasteiger partial charge in [0.2, 0.25) is 0 Å². The molecule has 92 valence electrons. The maximum atomic E-state index is 13.3. The number of nitrogen functional groups attached to an aromatic ring is 1. The molecule has 0 aromatic heterocycles. The van der Waals surface area contributed by atoms with Crippen LogP contribution in [0, 0.1) is 12.7 Å². The predicted octanol–water partition coefficient (Wildman–Crippen LogP) is 3.71. The van der Waals surface area contributed by atoms with E-state index >= 15 is 0 Å². The lowest BCUT2D eigenvalue weighted by Crippen LogP contribution is -2.05. The lowest BCUT2D eigenvalue weighted by Gasteiger charge is -2.06. The van der Waals surface area contributed by atoms with Gasteiger partial charge in [0.25, 0.3) is 0 Å². The van der Waals surface area contributed by atoms with Crippen LogP contribution in [0.3, 0.4) is 0 Å². The largest absolute Gasteiger partial charge is 0.396 e. The van der Waals surface area contributed by atoms with Gasteiger partial charge in [-0.15, -0.1) is 0 Å². The second-order valence-corrected chi connectivity index (χ2v) is 4.94. The fraction of sp³-hybridized carbons (Fsp3) is 0.0714. The number of benzene rings is 2. The molecule has 0 aliphatic carbocycles. The van der Waals surface area contributed by atoms with Gasteiger partial charge in [0.05, 0.1) is 5.69 Å². The number of carbonyl (C=O) groups is 1. The molecule has 2 N–H and O–H groups in total. The number of aryl methyl sites for hydroxylation is 1. The van der Waals surface area contributed by atoms with Crippen LogP contribution in [0.15, 0.2) is 40.9 Å². The zero-order valence-electron chi connectivity index (χ0n) is 9.71. The summed E-state index contributed by atoms with van der Waals surface area (Å²) in [5.41, 5.74) is 7.12. The third kappa shape index (κ3) is 2.43. The molecule has 18 heavy (non-hydrogen) atoms. The van der Waals surface area contributed by atoms with Gasteiger partial charge >= 0.3 is 0 Å². The van der Waals surface area contributed by atoms with Crippen molar-refractivity contribution in [2.45, 2.75) is 6.92 Å². The zero-order chi connectivity index (χ0) is 13.3. The average molecular weight is 308 g/mol. The molecule has 0 aliphatic heterocycles. The molecule has 2 nitrogen and oxygen atoms in total. The summed E-state index contributed by atoms with van der Waals surface area (Å²) < 4.78 is 14.2. The fourth-order valence-electron chi connectivity index (χ4n) is 1.71. The fourth-order valence-corrected chi connectivity index (χ4v) is 2.18. The zero-order valence-corrected chi connectivity index (χ0v) is 11.3. The summed E-state index contributed by atoms with van der Waals surface area (Å²) in [7, 11) is 0. The van der Waals surface area contributed by atoms with Gasteiger partial charge in [-0.3, -0.25) is 4.79 Å². The molecule has 2 rings (SSSR count). The van der Waals surface area contributed by atoms with E-state index in [1.165, 1.54) is 18.2 Å². The molecule has 0 unspecified atom stereocenters. The van der Waals surface area contributed by atoms with E-state index in [1.54, 1.807) is 12.1 Å². The number of rotatable bonds is 2. The third-order valence-corrected chi connectivity index (χ3v) is 3.19. The van der Waals surface area contributed by atoms with E-state index in [4.69, 9.17) is 5.73 Å². The molecule has 0 atom stereocenters. The summed E-state index contributed by atoms with van der Waals surface area (Å²) in [6.45, 7) is 1.84. The van der Waals surface area contributed by atoms with Gasteiger partial charge in [-0.05, 0) is 48.9 Å². The van der Waals surface area contributed by atoms with E-state index in [1.807, 2.05) is 13.0 Å². The third-order valence-electron chi connectivity index (χ3n) is 2.70. The highest BCUT2D eigenvalue weighted by atomic mass is 79.9. The number of anilines is 1. The number of hydrogen-bond donors (Lipinski definition) is 1. The summed E-state index contributed by atoms with van der Waals surface area (Å²) in [5.74, 6) is -0.783. The van der Waals surface area contributed by atoms with Crippen molar-refractivity contribution < 1.29 is 9.18 Å². The Balaban J connectivity index is 2.44. The Hall–Kier alpha value is -1.68. The van der Waals surface area contributed by atoms with Gasteiger partial charge in [-0.25, -0.2) is 4.39 Å². The number of nitrogens with two attached hydrogens (primary N) is 1. The molecule has 0 bridgehead atoms. The van der Waals surface area contributed by atoms with E-state index in [-0.39, 0.29) is 11.5 Å². The van der Waals surface area contributed by atoms with Crippen molar-refractivity contribution in [3.05, 3.63) is 63.4 Å². The minimum atomic E-state index is -0.574. The Morgan fingerprint density at radius 2 is 1.94 bits per heavy atom. The average Bonchev–Trinajstić information content (AvgIpc) is 2.32. The van der Waals surface area contributed by atoms with Gasteiger partial charge in [0.15, 0.2) is 5.78 Å². The summed E-state index contributed by atoms with van der Waals surface area (Å²) in [5, 5.41) is 0. The first-order chi connectivity index (χ1) is 8.49. The molecule has 0 radical (unpaired) electrons. The lowest BCUT2D eigenvalue weighted by atomic mass is 9.99. The number of halogens is 2. The second-order valence-electron chi connectivity index (χ2n) is 4.02. The Labute approximate surface area is 113 Å². The number of hydrogen-bond acceptors (Lipinski definition) is 2. The SMILES string of the molecule is Cc1cc(Br)ccc1C(=O)c1ccc(N)c(F)c1.